The van der Waals surface area contributed by atoms with Crippen LogP contribution in [0.3, 0.4) is 0 Å². The Morgan fingerprint density at radius 2 is 0.373 bits per heavy atom. The smallest absolute Gasteiger partial charge is 0.407 e. The highest BCUT2D eigenvalue weighted by Gasteiger charge is 2.23. The highest BCUT2D eigenvalue weighted by atomic mass is 16.6. The molecule has 0 bridgehead atoms. The number of rotatable bonds is 85. The van der Waals surface area contributed by atoms with Crippen molar-refractivity contribution in [2.24, 2.45) is 23.7 Å². The van der Waals surface area contributed by atoms with Gasteiger partial charge in [0, 0.05) is 24.2 Å². The summed E-state index contributed by atoms with van der Waals surface area (Å²) in [6, 6.07) is 0. The molecule has 0 saturated heterocycles. The molecule has 0 aromatic heterocycles. The van der Waals surface area contributed by atoms with Gasteiger partial charge < -0.3 is 49.7 Å². The normalized spacial score (nSPS) is 12.4. The molecule has 16 nitrogen and oxygen atoms in total. The lowest BCUT2D eigenvalue weighted by atomic mass is 9.78. The monoisotopic (exact) mass is 1560 g/mol. The molecule has 0 aliphatic carbocycles. The van der Waals surface area contributed by atoms with Gasteiger partial charge in [-0.25, -0.2) is 28.8 Å². The maximum atomic E-state index is 12.5. The lowest BCUT2D eigenvalue weighted by Crippen LogP contribution is -2.29. The number of unbranched alkanes of at least 4 members (excludes halogenated alkanes) is 47. The van der Waals surface area contributed by atoms with E-state index in [9.17, 15) is 28.8 Å². The largest absolute Gasteiger partial charge is 0.460 e. The molecule has 4 atom stereocenters. The van der Waals surface area contributed by atoms with Crippen molar-refractivity contribution in [3.63, 3.8) is 0 Å². The second-order valence-electron chi connectivity index (χ2n) is 32.8. The van der Waals surface area contributed by atoms with Crippen LogP contribution in [0.4, 0.5) is 19.2 Å². The fourth-order valence-electron chi connectivity index (χ4n) is 15.5. The third-order valence-electron chi connectivity index (χ3n) is 22.4. The number of ether oxygens (including phenoxy) is 6. The second-order valence-corrected chi connectivity index (χ2v) is 32.8. The lowest BCUT2D eigenvalue weighted by molar-refractivity contribution is -0.139. The van der Waals surface area contributed by atoms with Crippen molar-refractivity contribution in [2.75, 3.05) is 65.8 Å². The van der Waals surface area contributed by atoms with Crippen LogP contribution < -0.4 is 21.3 Å². The summed E-state index contributed by atoms with van der Waals surface area (Å²) in [6.07, 6.45) is 79.4. The van der Waals surface area contributed by atoms with Crippen LogP contribution in [0.1, 0.15) is 452 Å². The van der Waals surface area contributed by atoms with Crippen molar-refractivity contribution < 1.29 is 57.2 Å². The predicted molar refractivity (Wildman–Crippen MR) is 461 cm³/mol. The molecule has 4 N–H and O–H groups in total. The van der Waals surface area contributed by atoms with E-state index < -0.39 is 24.1 Å². The van der Waals surface area contributed by atoms with Gasteiger partial charge in [-0.1, -0.05) is 413 Å². The van der Waals surface area contributed by atoms with E-state index in [1.54, 1.807) is 13.8 Å². The molecule has 0 aromatic carbocycles. The van der Waals surface area contributed by atoms with E-state index in [2.05, 4.69) is 62.1 Å². The van der Waals surface area contributed by atoms with E-state index in [4.69, 9.17) is 28.4 Å². The summed E-state index contributed by atoms with van der Waals surface area (Å²) >= 11 is 0. The van der Waals surface area contributed by atoms with Crippen molar-refractivity contribution in [1.82, 2.24) is 21.3 Å². The minimum absolute atomic E-state index is 0.0994. The topological polar surface area (TPSA) is 206 Å². The van der Waals surface area contributed by atoms with Crippen molar-refractivity contribution in [2.45, 2.75) is 452 Å². The number of carbonyl (C=O) groups excluding carboxylic acids is 6. The Hall–Kier alpha value is -4.50. The number of amides is 4. The number of hydrogen-bond donors (Lipinski definition) is 4. The van der Waals surface area contributed by atoms with Gasteiger partial charge in [0.25, 0.3) is 0 Å². The third kappa shape index (κ3) is 74.9. The molecular formula is C94H178N4O12. The first-order chi connectivity index (χ1) is 53.8. The molecule has 0 saturated carbocycles. The predicted octanol–water partition coefficient (Wildman–Crippen LogP) is 27.6. The average Bonchev–Trinajstić information content (AvgIpc) is 0.920. The van der Waals surface area contributed by atoms with Crippen LogP contribution in [0.2, 0.25) is 0 Å². The van der Waals surface area contributed by atoms with Gasteiger partial charge >= 0.3 is 36.3 Å². The van der Waals surface area contributed by atoms with Gasteiger partial charge in [-0.05, 0) is 76.0 Å². The summed E-state index contributed by atoms with van der Waals surface area (Å²) in [5, 5.41) is 11.2. The summed E-state index contributed by atoms with van der Waals surface area (Å²) < 4.78 is 31.8. The SMILES string of the molecule is C=C(C)C(=O)OCCNC(=O)OCCCCCCCCC(CCCCCCCCC)C(CCCCCCCCC)CCCCCCCCOC(=O)NCCCCCCNC(=O)OCCCCCCCCC(CCCCCCCCC)C(CCCCCCCCC)CCCCCCCCOC(=O)NCCOC(=O)C(=C)C. The maximum absolute atomic E-state index is 12.5. The van der Waals surface area contributed by atoms with Crippen LogP contribution in [-0.4, -0.2) is 102 Å². The van der Waals surface area contributed by atoms with Crippen LogP contribution >= 0.6 is 0 Å². The molecule has 0 aromatic rings. The van der Waals surface area contributed by atoms with Crippen LogP contribution in [-0.2, 0) is 38.0 Å². The molecule has 16 heteroatoms. The lowest BCUT2D eigenvalue weighted by Gasteiger charge is -2.28. The van der Waals surface area contributed by atoms with Crippen LogP contribution in [0, 0.1) is 23.7 Å². The van der Waals surface area contributed by atoms with Crippen molar-refractivity contribution in [3.8, 4) is 0 Å². The summed E-state index contributed by atoms with van der Waals surface area (Å²) in [4.78, 5) is 72.1. The van der Waals surface area contributed by atoms with E-state index in [1.807, 2.05) is 0 Å². The molecule has 0 radical (unpaired) electrons. The van der Waals surface area contributed by atoms with E-state index in [0.717, 1.165) is 101 Å². The Morgan fingerprint density at radius 3 is 0.564 bits per heavy atom. The number of hydrogen-bond acceptors (Lipinski definition) is 12. The molecule has 646 valence electrons. The summed E-state index contributed by atoms with van der Waals surface area (Å²) in [5.41, 5.74) is 0.676. The first kappa shape index (κ1) is 106. The van der Waals surface area contributed by atoms with Crippen LogP contribution in [0.25, 0.3) is 0 Å². The molecule has 0 heterocycles. The standard InChI is InChI=1S/C94H178N4O12/c1-9-13-17-21-25-37-51-65-85(87(67-53-39-27-23-19-15-11-3)71-57-43-31-35-49-63-79-109-93(103)97-75-81-105-89(99)83(5)6)69-55-41-29-33-47-61-77-107-91(101)95-73-59-45-46-60-74-96-92(102)108-78-62-48-34-30-42-56-70-86(66-52-38-26-22-18-14-10-2)88(68-54-40-28-24-20-16-12-4)72-58-44-32-36-50-64-80-110-94(104)98-76-82-106-90(100)84(7)8/h85-88H,5,7,9-82H2,1-4,6,8H3,(H,95,101)(H,96,102)(H,97,103)(H,98,104). The molecule has 0 aliphatic rings. The van der Waals surface area contributed by atoms with E-state index in [-0.39, 0.29) is 38.5 Å². The average molecular weight is 1560 g/mol. The van der Waals surface area contributed by atoms with Crippen molar-refractivity contribution in [3.05, 3.63) is 24.3 Å². The minimum Gasteiger partial charge on any atom is -0.460 e. The van der Waals surface area contributed by atoms with Crippen LogP contribution in [0.5, 0.6) is 0 Å². The van der Waals surface area contributed by atoms with Crippen molar-refractivity contribution >= 4 is 36.3 Å². The van der Waals surface area contributed by atoms with E-state index in [1.165, 1.54) is 334 Å². The molecular weight excluding hydrogens is 1380 g/mol. The molecule has 0 aliphatic heterocycles. The number of nitrogens with one attached hydrogen (secondary N) is 4. The second kappa shape index (κ2) is 83.9. The first-order valence-corrected chi connectivity index (χ1v) is 47.1. The Balaban J connectivity index is 4.67. The molecule has 0 spiro atoms. The van der Waals surface area contributed by atoms with Gasteiger partial charge in [0.05, 0.1) is 39.5 Å². The maximum Gasteiger partial charge on any atom is 0.407 e. The van der Waals surface area contributed by atoms with Gasteiger partial charge in [-0.3, -0.25) is 0 Å². The minimum atomic E-state index is -0.468. The zero-order valence-electron chi connectivity index (χ0n) is 72.9. The molecule has 4 unspecified atom stereocenters. The number of carbonyl (C=O) groups is 6. The Labute approximate surface area is 677 Å². The van der Waals surface area contributed by atoms with Gasteiger partial charge in [0.1, 0.15) is 13.2 Å². The fraction of sp³-hybridized carbons (Fsp3) is 0.894. The van der Waals surface area contributed by atoms with Crippen molar-refractivity contribution in [1.29, 1.82) is 0 Å². The quantitative estimate of drug-likeness (QED) is 0.0194. The van der Waals surface area contributed by atoms with Crippen LogP contribution in [0.15, 0.2) is 24.3 Å². The zero-order chi connectivity index (χ0) is 80.3. The van der Waals surface area contributed by atoms with Gasteiger partial charge in [0.15, 0.2) is 0 Å². The molecule has 0 fully saturated rings. The first-order valence-electron chi connectivity index (χ1n) is 47.1. The van der Waals surface area contributed by atoms with Gasteiger partial charge in [-0.2, -0.15) is 0 Å². The highest BCUT2D eigenvalue weighted by Crippen LogP contribution is 2.36. The molecule has 110 heavy (non-hydrogen) atoms. The zero-order valence-corrected chi connectivity index (χ0v) is 72.9. The Kier molecular flexibility index (Phi) is 80.5. The highest BCUT2D eigenvalue weighted by molar-refractivity contribution is 5.87. The molecule has 4 amide bonds. The van der Waals surface area contributed by atoms with Gasteiger partial charge in [0.2, 0.25) is 0 Å². The summed E-state index contributed by atoms with van der Waals surface area (Å²) in [7, 11) is 0. The van der Waals surface area contributed by atoms with E-state index in [0.29, 0.717) is 50.7 Å². The number of esters is 2. The number of alkyl carbamates (subject to hydrolysis) is 4. The summed E-state index contributed by atoms with van der Waals surface area (Å²) in [6.45, 7) is 23.1. The van der Waals surface area contributed by atoms with Gasteiger partial charge in [-0.15, -0.1) is 0 Å². The van der Waals surface area contributed by atoms with E-state index >= 15 is 0 Å². The fourth-order valence-corrected chi connectivity index (χ4v) is 15.5. The Morgan fingerprint density at radius 1 is 0.209 bits per heavy atom. The summed E-state index contributed by atoms with van der Waals surface area (Å²) in [5.74, 6) is 2.40. The molecule has 0 rings (SSSR count). The Bertz CT molecular complexity index is 1970. The third-order valence-corrected chi connectivity index (χ3v) is 22.4.